The van der Waals surface area contributed by atoms with E-state index in [1.165, 1.54) is 7.11 Å². The van der Waals surface area contributed by atoms with Crippen LogP contribution in [-0.4, -0.2) is 48.0 Å². The molecule has 108 valence electrons. The third-order valence-electron chi connectivity index (χ3n) is 3.31. The molecular formula is C14H19N3O3. The lowest BCUT2D eigenvalue weighted by atomic mass is 10.2. The average Bonchev–Trinajstić information content (AvgIpc) is 2.62. The van der Waals surface area contributed by atoms with E-state index in [0.29, 0.717) is 12.2 Å². The fourth-order valence-corrected chi connectivity index (χ4v) is 2.25. The molecule has 6 nitrogen and oxygen atoms in total. The van der Waals surface area contributed by atoms with E-state index in [4.69, 9.17) is 4.74 Å². The lowest BCUT2D eigenvalue weighted by Crippen LogP contribution is -2.43. The number of methoxy groups -OCH3 is 1. The van der Waals surface area contributed by atoms with Crippen LogP contribution in [0.25, 0.3) is 0 Å². The smallest absolute Gasteiger partial charge is 0.252 e. The van der Waals surface area contributed by atoms with Crippen molar-refractivity contribution in [3.63, 3.8) is 0 Å². The third-order valence-corrected chi connectivity index (χ3v) is 3.31. The molecule has 0 radical (unpaired) electrons. The summed E-state index contributed by atoms with van der Waals surface area (Å²) in [5.41, 5.74) is 0.676. The van der Waals surface area contributed by atoms with E-state index in [9.17, 15) is 9.59 Å². The molecular weight excluding hydrogens is 258 g/mol. The minimum absolute atomic E-state index is 0.0566. The van der Waals surface area contributed by atoms with Crippen LogP contribution >= 0.6 is 0 Å². The van der Waals surface area contributed by atoms with Crippen LogP contribution in [0.3, 0.4) is 0 Å². The van der Waals surface area contributed by atoms with E-state index >= 15 is 0 Å². The highest BCUT2D eigenvalue weighted by Gasteiger charge is 2.27. The maximum atomic E-state index is 12.2. The van der Waals surface area contributed by atoms with Gasteiger partial charge < -0.3 is 15.0 Å². The molecule has 1 fully saturated rings. The molecule has 2 amide bonds. The minimum Gasteiger partial charge on any atom is -0.372 e. The number of pyridine rings is 1. The molecule has 1 atom stereocenters. The Labute approximate surface area is 118 Å². The molecule has 1 aromatic heterocycles. The highest BCUT2D eigenvalue weighted by Crippen LogP contribution is 2.14. The van der Waals surface area contributed by atoms with Crippen molar-refractivity contribution in [2.24, 2.45) is 0 Å². The van der Waals surface area contributed by atoms with Crippen molar-refractivity contribution in [1.82, 2.24) is 9.88 Å². The zero-order valence-electron chi connectivity index (χ0n) is 11.5. The van der Waals surface area contributed by atoms with Gasteiger partial charge in [-0.1, -0.05) is 0 Å². The fraction of sp³-hybridized carbons (Fsp3) is 0.500. The summed E-state index contributed by atoms with van der Waals surface area (Å²) in [5.74, 6) is -0.309. The zero-order valence-corrected chi connectivity index (χ0v) is 11.5. The Bertz CT molecular complexity index is 464. The molecule has 1 unspecified atom stereocenters. The van der Waals surface area contributed by atoms with Gasteiger partial charge in [0.15, 0.2) is 0 Å². The lowest BCUT2D eigenvalue weighted by molar-refractivity contribution is -0.143. The van der Waals surface area contributed by atoms with Gasteiger partial charge in [-0.2, -0.15) is 0 Å². The first-order valence-corrected chi connectivity index (χ1v) is 6.72. The molecule has 1 aromatic rings. The highest BCUT2D eigenvalue weighted by molar-refractivity contribution is 5.95. The van der Waals surface area contributed by atoms with Gasteiger partial charge >= 0.3 is 0 Å². The number of amides is 2. The number of aromatic nitrogens is 1. The summed E-state index contributed by atoms with van der Waals surface area (Å²) in [4.78, 5) is 29.6. The van der Waals surface area contributed by atoms with Crippen LogP contribution in [-0.2, 0) is 14.3 Å². The lowest BCUT2D eigenvalue weighted by Gasteiger charge is -2.23. The van der Waals surface area contributed by atoms with Gasteiger partial charge in [0, 0.05) is 31.7 Å². The SMILES string of the molecule is COC1CCCCN(CC(=O)Nc2ccncc2)C1=O. The van der Waals surface area contributed by atoms with Gasteiger partial charge in [0.25, 0.3) is 5.91 Å². The largest absolute Gasteiger partial charge is 0.372 e. The fourth-order valence-electron chi connectivity index (χ4n) is 2.25. The van der Waals surface area contributed by atoms with Crippen LogP contribution in [0, 0.1) is 0 Å². The second-order valence-corrected chi connectivity index (χ2v) is 4.76. The molecule has 2 heterocycles. The first-order valence-electron chi connectivity index (χ1n) is 6.72. The Morgan fingerprint density at radius 3 is 2.90 bits per heavy atom. The number of anilines is 1. The van der Waals surface area contributed by atoms with Gasteiger partial charge in [-0.15, -0.1) is 0 Å². The van der Waals surface area contributed by atoms with Gasteiger partial charge in [-0.25, -0.2) is 0 Å². The number of likely N-dealkylation sites (tertiary alicyclic amines) is 1. The summed E-state index contributed by atoms with van der Waals surface area (Å²) in [6.07, 6.45) is 5.34. The topological polar surface area (TPSA) is 71.5 Å². The summed E-state index contributed by atoms with van der Waals surface area (Å²) < 4.78 is 5.18. The predicted octanol–water partition coefficient (Wildman–Crippen LogP) is 1.05. The van der Waals surface area contributed by atoms with Crippen molar-refractivity contribution >= 4 is 17.5 Å². The van der Waals surface area contributed by atoms with E-state index in [0.717, 1.165) is 19.3 Å². The average molecular weight is 277 g/mol. The van der Waals surface area contributed by atoms with E-state index < -0.39 is 6.10 Å². The van der Waals surface area contributed by atoms with Crippen LogP contribution in [0.1, 0.15) is 19.3 Å². The van der Waals surface area contributed by atoms with Crippen molar-refractivity contribution in [2.45, 2.75) is 25.4 Å². The Kier molecular flexibility index (Phi) is 5.06. The summed E-state index contributed by atoms with van der Waals surface area (Å²) in [6.45, 7) is 0.656. The quantitative estimate of drug-likeness (QED) is 0.893. The van der Waals surface area contributed by atoms with Gasteiger partial charge in [0.1, 0.15) is 6.10 Å². The minimum atomic E-state index is -0.425. The summed E-state index contributed by atoms with van der Waals surface area (Å²) in [7, 11) is 1.53. The van der Waals surface area contributed by atoms with Crippen molar-refractivity contribution in [2.75, 3.05) is 25.5 Å². The van der Waals surface area contributed by atoms with Crippen LogP contribution in [0.4, 0.5) is 5.69 Å². The van der Waals surface area contributed by atoms with Gasteiger partial charge in [-0.05, 0) is 31.4 Å². The van der Waals surface area contributed by atoms with Crippen LogP contribution < -0.4 is 5.32 Å². The van der Waals surface area contributed by atoms with Crippen molar-refractivity contribution in [1.29, 1.82) is 0 Å². The molecule has 1 aliphatic rings. The molecule has 0 aromatic carbocycles. The zero-order chi connectivity index (χ0) is 14.4. The van der Waals surface area contributed by atoms with Gasteiger partial charge in [0.05, 0.1) is 6.54 Å². The predicted molar refractivity (Wildman–Crippen MR) is 74.1 cm³/mol. The Morgan fingerprint density at radius 1 is 1.45 bits per heavy atom. The Hall–Kier alpha value is -1.95. The van der Waals surface area contributed by atoms with E-state index in [1.807, 2.05) is 0 Å². The summed E-state index contributed by atoms with van der Waals surface area (Å²) >= 11 is 0. The molecule has 6 heteroatoms. The maximum Gasteiger partial charge on any atom is 0.252 e. The van der Waals surface area contributed by atoms with E-state index in [-0.39, 0.29) is 18.4 Å². The molecule has 1 N–H and O–H groups in total. The molecule has 0 saturated carbocycles. The number of rotatable bonds is 4. The number of carbonyl (C=O) groups is 2. The number of nitrogens with one attached hydrogen (secondary N) is 1. The molecule has 0 bridgehead atoms. The van der Waals surface area contributed by atoms with E-state index in [2.05, 4.69) is 10.3 Å². The van der Waals surface area contributed by atoms with Crippen LogP contribution in [0.5, 0.6) is 0 Å². The third kappa shape index (κ3) is 3.77. The molecule has 1 aliphatic heterocycles. The Morgan fingerprint density at radius 2 is 2.20 bits per heavy atom. The number of hydrogen-bond donors (Lipinski definition) is 1. The molecule has 20 heavy (non-hydrogen) atoms. The Balaban J connectivity index is 1.94. The van der Waals surface area contributed by atoms with Gasteiger partial charge in [-0.3, -0.25) is 14.6 Å². The first-order chi connectivity index (χ1) is 9.70. The molecule has 0 aliphatic carbocycles. The molecule has 2 rings (SSSR count). The van der Waals surface area contributed by atoms with E-state index in [1.54, 1.807) is 29.4 Å². The standard InChI is InChI=1S/C14H19N3O3/c1-20-12-4-2-3-9-17(14(12)19)10-13(18)16-11-5-7-15-8-6-11/h5-8,12H,2-4,9-10H2,1H3,(H,15,16,18). The summed E-state index contributed by atoms with van der Waals surface area (Å²) in [5, 5.41) is 2.75. The number of carbonyl (C=O) groups excluding carboxylic acids is 2. The number of nitrogens with zero attached hydrogens (tertiary/aromatic N) is 2. The maximum absolute atomic E-state index is 12.2. The highest BCUT2D eigenvalue weighted by atomic mass is 16.5. The van der Waals surface area contributed by atoms with Gasteiger partial charge in [0.2, 0.25) is 5.91 Å². The van der Waals surface area contributed by atoms with Crippen molar-refractivity contribution < 1.29 is 14.3 Å². The number of ether oxygens (including phenoxy) is 1. The van der Waals surface area contributed by atoms with Crippen LogP contribution in [0.15, 0.2) is 24.5 Å². The van der Waals surface area contributed by atoms with Crippen molar-refractivity contribution in [3.8, 4) is 0 Å². The monoisotopic (exact) mass is 277 g/mol. The summed E-state index contributed by atoms with van der Waals surface area (Å²) in [6, 6.07) is 3.42. The second-order valence-electron chi connectivity index (χ2n) is 4.76. The number of hydrogen-bond acceptors (Lipinski definition) is 4. The second kappa shape index (κ2) is 7.00. The molecule has 0 spiro atoms. The van der Waals surface area contributed by atoms with Crippen LogP contribution in [0.2, 0.25) is 0 Å². The van der Waals surface area contributed by atoms with Crippen molar-refractivity contribution in [3.05, 3.63) is 24.5 Å². The molecule has 1 saturated heterocycles. The normalized spacial score (nSPS) is 19.6. The first kappa shape index (κ1) is 14.5.